The lowest BCUT2D eigenvalue weighted by Crippen LogP contribution is -2.55. The molecule has 12 heteroatoms. The number of anilines is 1. The molecule has 0 saturated heterocycles. The van der Waals surface area contributed by atoms with E-state index in [0.717, 1.165) is 42.0 Å². The van der Waals surface area contributed by atoms with Crippen molar-refractivity contribution in [2.24, 2.45) is 0 Å². The lowest BCUT2D eigenvalue weighted by atomic mass is 9.94. The van der Waals surface area contributed by atoms with Gasteiger partial charge >= 0.3 is 0 Å². The molecular weight excluding hydrogens is 637 g/mol. The van der Waals surface area contributed by atoms with Crippen LogP contribution >= 0.6 is 23.2 Å². The van der Waals surface area contributed by atoms with Gasteiger partial charge in [-0.2, -0.15) is 0 Å². The van der Waals surface area contributed by atoms with Crippen molar-refractivity contribution in [1.29, 1.82) is 0 Å². The predicted octanol–water partition coefficient (Wildman–Crippen LogP) is 5.97. The van der Waals surface area contributed by atoms with Gasteiger partial charge in [0.2, 0.25) is 28.6 Å². The number of rotatable bonds is 12. The van der Waals surface area contributed by atoms with Crippen LogP contribution in [0.2, 0.25) is 10.0 Å². The van der Waals surface area contributed by atoms with Crippen molar-refractivity contribution in [3.8, 4) is 11.5 Å². The van der Waals surface area contributed by atoms with Crippen LogP contribution in [0.1, 0.15) is 50.2 Å². The van der Waals surface area contributed by atoms with Crippen LogP contribution in [0, 0.1) is 0 Å². The molecule has 3 aromatic carbocycles. The number of ether oxygens (including phenoxy) is 2. The third kappa shape index (κ3) is 8.04. The standard InChI is InChI=1S/C33H37Cl2N3O6S/c1-2-45(41,42)38(25-16-17-30-31(19-25)44-22-43-30)21-32(39)37(20-26-27(34)14-9-15-28(26)35)29(18-23-10-5-3-6-11-23)33(40)36-24-12-7-4-8-13-24/h3,5-6,9-11,14-17,19,24,29H,2,4,7-8,12-13,18,20-22H2,1H3,(H,36,40)/t29-/m0/s1. The molecule has 45 heavy (non-hydrogen) atoms. The first-order valence-electron chi connectivity index (χ1n) is 15.1. The average Bonchev–Trinajstić information content (AvgIpc) is 3.51. The maximum absolute atomic E-state index is 14.5. The van der Waals surface area contributed by atoms with Crippen LogP contribution in [0.5, 0.6) is 11.5 Å². The first kappa shape index (κ1) is 32.9. The third-order valence-electron chi connectivity index (χ3n) is 8.24. The van der Waals surface area contributed by atoms with E-state index in [0.29, 0.717) is 27.1 Å². The topological polar surface area (TPSA) is 105 Å². The molecule has 2 amide bonds. The number of fused-ring (bicyclic) bond motifs is 1. The fourth-order valence-corrected chi connectivity index (χ4v) is 7.28. The van der Waals surface area contributed by atoms with Crippen LogP contribution in [0.3, 0.4) is 0 Å². The Hall–Kier alpha value is -3.47. The predicted molar refractivity (Wildman–Crippen MR) is 175 cm³/mol. The molecule has 0 bridgehead atoms. The second-order valence-electron chi connectivity index (χ2n) is 11.2. The van der Waals surface area contributed by atoms with Gasteiger partial charge in [-0.05, 0) is 49.6 Å². The van der Waals surface area contributed by atoms with Crippen molar-refractivity contribution < 1.29 is 27.5 Å². The summed E-state index contributed by atoms with van der Waals surface area (Å²) in [6, 6.07) is 18.2. The Morgan fingerprint density at radius 1 is 0.933 bits per heavy atom. The summed E-state index contributed by atoms with van der Waals surface area (Å²) in [5.74, 6) is -0.280. The molecule has 3 aromatic rings. The van der Waals surface area contributed by atoms with Gasteiger partial charge in [0.1, 0.15) is 12.6 Å². The Bertz CT molecular complexity index is 1600. The van der Waals surface area contributed by atoms with Gasteiger partial charge in [-0.15, -0.1) is 0 Å². The molecule has 0 radical (unpaired) electrons. The molecule has 2 aliphatic rings. The Labute approximate surface area is 274 Å². The van der Waals surface area contributed by atoms with Crippen LogP contribution in [-0.2, 0) is 32.6 Å². The summed E-state index contributed by atoms with van der Waals surface area (Å²) in [5, 5.41) is 3.85. The summed E-state index contributed by atoms with van der Waals surface area (Å²) in [7, 11) is -3.94. The molecule has 1 aliphatic heterocycles. The molecule has 1 atom stereocenters. The number of nitrogens with one attached hydrogen (secondary N) is 1. The summed E-state index contributed by atoms with van der Waals surface area (Å²) < 4.78 is 38.8. The number of hydrogen-bond donors (Lipinski definition) is 1. The molecule has 240 valence electrons. The van der Waals surface area contributed by atoms with Crippen LogP contribution in [0.4, 0.5) is 5.69 Å². The highest BCUT2D eigenvalue weighted by molar-refractivity contribution is 7.92. The van der Waals surface area contributed by atoms with E-state index in [1.807, 2.05) is 30.3 Å². The third-order valence-corrected chi connectivity index (χ3v) is 10.7. The Morgan fingerprint density at radius 2 is 1.62 bits per heavy atom. The largest absolute Gasteiger partial charge is 0.454 e. The van der Waals surface area contributed by atoms with E-state index in [9.17, 15) is 18.0 Å². The first-order valence-corrected chi connectivity index (χ1v) is 17.5. The van der Waals surface area contributed by atoms with Crippen LogP contribution in [0.25, 0.3) is 0 Å². The van der Waals surface area contributed by atoms with Gasteiger partial charge in [-0.25, -0.2) is 8.42 Å². The SMILES string of the molecule is CCS(=O)(=O)N(CC(=O)N(Cc1c(Cl)cccc1Cl)[C@@H](Cc1ccccc1)C(=O)NC1CCCCC1)c1ccc2c(c1)OCO2. The van der Waals surface area contributed by atoms with E-state index in [1.54, 1.807) is 30.3 Å². The molecule has 1 saturated carbocycles. The smallest absolute Gasteiger partial charge is 0.244 e. The number of sulfonamides is 1. The molecular formula is C33H37Cl2N3O6S. The van der Waals surface area contributed by atoms with Gasteiger partial charge in [0.15, 0.2) is 11.5 Å². The molecule has 1 fully saturated rings. The lowest BCUT2D eigenvalue weighted by Gasteiger charge is -2.35. The number of nitrogens with zero attached hydrogens (tertiary/aromatic N) is 2. The molecule has 0 aromatic heterocycles. The molecule has 1 heterocycles. The first-order chi connectivity index (χ1) is 21.7. The highest BCUT2D eigenvalue weighted by atomic mass is 35.5. The van der Waals surface area contributed by atoms with E-state index >= 15 is 0 Å². The van der Waals surface area contributed by atoms with Crippen molar-refractivity contribution in [3.63, 3.8) is 0 Å². The summed E-state index contributed by atoms with van der Waals surface area (Å²) in [6.45, 7) is 0.868. The zero-order chi connectivity index (χ0) is 32.0. The average molecular weight is 675 g/mol. The van der Waals surface area contributed by atoms with E-state index < -0.39 is 28.5 Å². The minimum atomic E-state index is -3.94. The van der Waals surface area contributed by atoms with E-state index in [1.165, 1.54) is 17.9 Å². The van der Waals surface area contributed by atoms with E-state index in [-0.39, 0.29) is 43.1 Å². The number of halogens is 2. The van der Waals surface area contributed by atoms with Crippen molar-refractivity contribution in [3.05, 3.63) is 87.9 Å². The summed E-state index contributed by atoms with van der Waals surface area (Å²) in [4.78, 5) is 30.0. The number of hydrogen-bond acceptors (Lipinski definition) is 6. The number of amides is 2. The van der Waals surface area contributed by atoms with Crippen molar-refractivity contribution in [2.45, 2.75) is 64.1 Å². The zero-order valence-electron chi connectivity index (χ0n) is 25.1. The monoisotopic (exact) mass is 673 g/mol. The summed E-state index contributed by atoms with van der Waals surface area (Å²) in [5.41, 5.74) is 1.56. The second-order valence-corrected chi connectivity index (χ2v) is 14.2. The second kappa shape index (κ2) is 14.7. The normalized spacial score (nSPS) is 15.4. The van der Waals surface area contributed by atoms with E-state index in [4.69, 9.17) is 32.7 Å². The highest BCUT2D eigenvalue weighted by Crippen LogP contribution is 2.36. The summed E-state index contributed by atoms with van der Waals surface area (Å²) in [6.07, 6.45) is 5.09. The van der Waals surface area contributed by atoms with Gasteiger partial charge in [0.05, 0.1) is 11.4 Å². The van der Waals surface area contributed by atoms with Gasteiger partial charge < -0.3 is 19.7 Å². The number of benzene rings is 3. The molecule has 0 unspecified atom stereocenters. The van der Waals surface area contributed by atoms with Crippen molar-refractivity contribution >= 4 is 50.7 Å². The molecule has 1 N–H and O–H groups in total. The van der Waals surface area contributed by atoms with E-state index in [2.05, 4.69) is 5.32 Å². The van der Waals surface area contributed by atoms with Gasteiger partial charge in [0, 0.05) is 40.7 Å². The van der Waals surface area contributed by atoms with Gasteiger partial charge in [-0.3, -0.25) is 13.9 Å². The van der Waals surface area contributed by atoms with Crippen LogP contribution in [0.15, 0.2) is 66.7 Å². The quantitative estimate of drug-likeness (QED) is 0.254. The fraction of sp³-hybridized carbons (Fsp3) is 0.394. The Kier molecular flexibility index (Phi) is 10.8. The minimum absolute atomic E-state index is 0.00373. The van der Waals surface area contributed by atoms with Gasteiger partial charge in [0.25, 0.3) is 0 Å². The van der Waals surface area contributed by atoms with Crippen LogP contribution in [-0.4, -0.2) is 56.3 Å². The maximum atomic E-state index is 14.5. The van der Waals surface area contributed by atoms with Crippen molar-refractivity contribution in [2.75, 3.05) is 23.4 Å². The van der Waals surface area contributed by atoms with Crippen molar-refractivity contribution in [1.82, 2.24) is 10.2 Å². The number of carbonyl (C=O) groups excluding carboxylic acids is 2. The lowest BCUT2D eigenvalue weighted by molar-refractivity contribution is -0.140. The zero-order valence-corrected chi connectivity index (χ0v) is 27.4. The maximum Gasteiger partial charge on any atom is 0.244 e. The molecule has 9 nitrogen and oxygen atoms in total. The highest BCUT2D eigenvalue weighted by Gasteiger charge is 2.35. The minimum Gasteiger partial charge on any atom is -0.454 e. The molecule has 0 spiro atoms. The number of carbonyl (C=O) groups is 2. The Morgan fingerprint density at radius 3 is 2.31 bits per heavy atom. The Balaban J connectivity index is 1.54. The fourth-order valence-electron chi connectivity index (χ4n) is 5.71. The van der Waals surface area contributed by atoms with Gasteiger partial charge in [-0.1, -0.05) is 78.9 Å². The van der Waals surface area contributed by atoms with Crippen LogP contribution < -0.4 is 19.1 Å². The molecule has 1 aliphatic carbocycles. The molecule has 5 rings (SSSR count). The summed E-state index contributed by atoms with van der Waals surface area (Å²) >= 11 is 13.1.